The Morgan fingerprint density at radius 2 is 0.861 bits per heavy atom. The van der Waals surface area contributed by atoms with E-state index in [-0.39, 0.29) is 32.3 Å². The lowest BCUT2D eigenvalue weighted by Crippen LogP contribution is -2.14. The first kappa shape index (κ1) is 23.6. The summed E-state index contributed by atoms with van der Waals surface area (Å²) in [4.78, 5) is 12.8. The summed E-state index contributed by atoms with van der Waals surface area (Å²) in [6.07, 6.45) is 0. The summed E-state index contributed by atoms with van der Waals surface area (Å²) in [5.74, 6) is -1.57. The molecular weight excluding hydrogens is 510 g/mol. The van der Waals surface area contributed by atoms with Gasteiger partial charge in [-0.25, -0.2) is 25.6 Å². The summed E-state index contributed by atoms with van der Waals surface area (Å²) in [6.45, 7) is 0. The third-order valence-corrected chi connectivity index (χ3v) is 8.33. The number of ketones is 1. The van der Waals surface area contributed by atoms with E-state index >= 15 is 0 Å². The van der Waals surface area contributed by atoms with Crippen molar-refractivity contribution in [3.05, 3.63) is 108 Å². The molecule has 0 heterocycles. The maximum absolute atomic E-state index is 13.1. The normalized spacial score (nSPS) is 12.7. The Bertz CT molecular complexity index is 1610. The van der Waals surface area contributed by atoms with Gasteiger partial charge >= 0.3 is 0 Å². The van der Waals surface area contributed by atoms with Gasteiger partial charge in [0.25, 0.3) is 20.0 Å². The summed E-state index contributed by atoms with van der Waals surface area (Å²) in [7, 11) is -8.17. The molecule has 0 atom stereocenters. The van der Waals surface area contributed by atoms with Gasteiger partial charge in [-0.05, 0) is 83.9 Å². The van der Waals surface area contributed by atoms with Crippen molar-refractivity contribution in [3.63, 3.8) is 0 Å². The van der Waals surface area contributed by atoms with Crippen LogP contribution >= 0.6 is 0 Å². The molecule has 0 amide bonds. The predicted octanol–water partition coefficient (Wildman–Crippen LogP) is 4.78. The highest BCUT2D eigenvalue weighted by molar-refractivity contribution is 7.93. The van der Waals surface area contributed by atoms with Crippen LogP contribution in [0.3, 0.4) is 0 Å². The highest BCUT2D eigenvalue weighted by Gasteiger charge is 2.30. The number of nitrogens with one attached hydrogen (secondary N) is 2. The molecule has 2 N–H and O–H groups in total. The van der Waals surface area contributed by atoms with Crippen LogP contribution in [-0.2, 0) is 20.0 Å². The fourth-order valence-electron chi connectivity index (χ4n) is 3.84. The molecule has 0 aromatic heterocycles. The average molecular weight is 527 g/mol. The number of sulfonamides is 2. The topological polar surface area (TPSA) is 109 Å². The molecule has 182 valence electrons. The van der Waals surface area contributed by atoms with Crippen molar-refractivity contribution in [2.24, 2.45) is 0 Å². The monoisotopic (exact) mass is 526 g/mol. The number of rotatable bonds is 6. The molecule has 0 saturated heterocycles. The zero-order chi connectivity index (χ0) is 25.7. The van der Waals surface area contributed by atoms with Crippen LogP contribution in [0.15, 0.2) is 94.7 Å². The molecule has 0 aliphatic heterocycles. The molecule has 0 saturated carbocycles. The van der Waals surface area contributed by atoms with Crippen LogP contribution in [0.1, 0.15) is 15.9 Å². The summed E-state index contributed by atoms with van der Waals surface area (Å²) in [6, 6.07) is 17.5. The second-order valence-electron chi connectivity index (χ2n) is 7.97. The van der Waals surface area contributed by atoms with Crippen LogP contribution in [-0.4, -0.2) is 22.6 Å². The van der Waals surface area contributed by atoms with E-state index in [1.165, 1.54) is 60.7 Å². The smallest absolute Gasteiger partial charge is 0.261 e. The molecule has 7 nitrogen and oxygen atoms in total. The molecule has 0 unspecified atom stereocenters. The number of hydrogen-bond acceptors (Lipinski definition) is 5. The van der Waals surface area contributed by atoms with Gasteiger partial charge in [-0.3, -0.25) is 14.2 Å². The first-order valence-corrected chi connectivity index (χ1v) is 13.4. The lowest BCUT2D eigenvalue weighted by Gasteiger charge is -2.10. The van der Waals surface area contributed by atoms with Crippen LogP contribution in [0.4, 0.5) is 20.2 Å². The van der Waals surface area contributed by atoms with Crippen molar-refractivity contribution < 1.29 is 30.4 Å². The van der Waals surface area contributed by atoms with Crippen LogP contribution in [0, 0.1) is 11.6 Å². The third-order valence-electron chi connectivity index (χ3n) is 5.57. The van der Waals surface area contributed by atoms with E-state index in [9.17, 15) is 30.4 Å². The number of halogens is 2. The van der Waals surface area contributed by atoms with Gasteiger partial charge in [-0.2, -0.15) is 0 Å². The SMILES string of the molecule is O=C1c2cc(S(=O)(=O)Nc3ccc(F)cc3)ccc2-c2ccc(S(=O)(=O)Nc3ccc(F)cc3)cc21. The van der Waals surface area contributed by atoms with Gasteiger partial charge in [-0.15, -0.1) is 0 Å². The van der Waals surface area contributed by atoms with Crippen LogP contribution in [0.2, 0.25) is 0 Å². The predicted molar refractivity (Wildman–Crippen MR) is 130 cm³/mol. The minimum atomic E-state index is -4.08. The van der Waals surface area contributed by atoms with Gasteiger partial charge in [0.15, 0.2) is 5.78 Å². The van der Waals surface area contributed by atoms with E-state index in [0.717, 1.165) is 24.3 Å². The lowest BCUT2D eigenvalue weighted by molar-refractivity contribution is 0.104. The molecule has 5 rings (SSSR count). The second-order valence-corrected chi connectivity index (χ2v) is 11.3. The van der Waals surface area contributed by atoms with Gasteiger partial charge in [0.05, 0.1) is 9.79 Å². The molecule has 1 aliphatic rings. The van der Waals surface area contributed by atoms with Crippen molar-refractivity contribution in [3.8, 4) is 11.1 Å². The minimum absolute atomic E-state index is 0.105. The zero-order valence-electron chi connectivity index (χ0n) is 18.2. The van der Waals surface area contributed by atoms with Gasteiger partial charge in [0, 0.05) is 22.5 Å². The molecule has 36 heavy (non-hydrogen) atoms. The van der Waals surface area contributed by atoms with Crippen molar-refractivity contribution in [1.82, 2.24) is 0 Å². The Kier molecular flexibility index (Phi) is 5.61. The van der Waals surface area contributed by atoms with E-state index < -0.39 is 37.5 Å². The lowest BCUT2D eigenvalue weighted by atomic mass is 10.1. The molecule has 0 spiro atoms. The average Bonchev–Trinajstić information content (AvgIpc) is 3.13. The molecule has 0 fully saturated rings. The van der Waals surface area contributed by atoms with E-state index in [0.29, 0.717) is 11.1 Å². The van der Waals surface area contributed by atoms with E-state index in [1.54, 1.807) is 0 Å². The van der Waals surface area contributed by atoms with E-state index in [4.69, 9.17) is 0 Å². The Balaban J connectivity index is 1.45. The van der Waals surface area contributed by atoms with Crippen LogP contribution in [0.5, 0.6) is 0 Å². The van der Waals surface area contributed by atoms with Crippen molar-refractivity contribution in [1.29, 1.82) is 0 Å². The Morgan fingerprint density at radius 3 is 1.22 bits per heavy atom. The number of carbonyl (C=O) groups excluding carboxylic acids is 1. The molecular formula is C25H16F2N2O5S2. The standard InChI is InChI=1S/C25H16F2N2O5S2/c26-15-1-5-17(6-2-15)28-35(31,32)19-9-11-21-22-12-10-20(14-24(22)25(30)23(21)13-19)36(33,34)29-18-7-3-16(27)4-8-18/h1-14,28-29H. The molecule has 11 heteroatoms. The summed E-state index contributed by atoms with van der Waals surface area (Å²) in [5, 5.41) is 0. The maximum atomic E-state index is 13.1. The highest BCUT2D eigenvalue weighted by Crippen LogP contribution is 2.39. The van der Waals surface area contributed by atoms with Crippen molar-refractivity contribution >= 4 is 37.2 Å². The minimum Gasteiger partial charge on any atom is -0.289 e. The summed E-state index contributed by atoms with van der Waals surface area (Å²) in [5.41, 5.74) is 1.43. The van der Waals surface area contributed by atoms with Gasteiger partial charge in [-0.1, -0.05) is 12.1 Å². The maximum Gasteiger partial charge on any atom is 0.261 e. The molecule has 0 radical (unpaired) electrons. The van der Waals surface area contributed by atoms with E-state index in [1.807, 2.05) is 0 Å². The zero-order valence-corrected chi connectivity index (χ0v) is 19.8. The quantitative estimate of drug-likeness (QED) is 0.331. The second kappa shape index (κ2) is 8.54. The Morgan fingerprint density at radius 1 is 0.500 bits per heavy atom. The summed E-state index contributed by atoms with van der Waals surface area (Å²) < 4.78 is 82.2. The fourth-order valence-corrected chi connectivity index (χ4v) is 6.00. The Labute approximate surface area is 205 Å². The van der Waals surface area contributed by atoms with Crippen LogP contribution < -0.4 is 9.44 Å². The molecule has 1 aliphatic carbocycles. The molecule has 0 bridgehead atoms. The number of anilines is 2. The van der Waals surface area contributed by atoms with Gasteiger partial charge in [0.1, 0.15) is 11.6 Å². The summed E-state index contributed by atoms with van der Waals surface area (Å²) >= 11 is 0. The number of hydrogen-bond donors (Lipinski definition) is 2. The number of benzene rings is 4. The fraction of sp³-hybridized carbons (Fsp3) is 0. The first-order chi connectivity index (χ1) is 17.0. The number of carbonyl (C=O) groups is 1. The highest BCUT2D eigenvalue weighted by atomic mass is 32.2. The van der Waals surface area contributed by atoms with E-state index in [2.05, 4.69) is 9.44 Å². The largest absolute Gasteiger partial charge is 0.289 e. The Hall–Kier alpha value is -4.09. The number of fused-ring (bicyclic) bond motifs is 3. The first-order valence-electron chi connectivity index (χ1n) is 10.4. The van der Waals surface area contributed by atoms with Gasteiger partial charge in [0.2, 0.25) is 0 Å². The molecule has 4 aromatic carbocycles. The van der Waals surface area contributed by atoms with Crippen molar-refractivity contribution in [2.75, 3.05) is 9.44 Å². The van der Waals surface area contributed by atoms with Crippen molar-refractivity contribution in [2.45, 2.75) is 9.79 Å². The third kappa shape index (κ3) is 4.34. The van der Waals surface area contributed by atoms with Gasteiger partial charge < -0.3 is 0 Å². The molecule has 4 aromatic rings. The van der Waals surface area contributed by atoms with Crippen LogP contribution in [0.25, 0.3) is 11.1 Å².